The third-order valence-corrected chi connectivity index (χ3v) is 3.28. The Morgan fingerprint density at radius 3 is 2.82 bits per heavy atom. The highest BCUT2D eigenvalue weighted by molar-refractivity contribution is 5.82. The smallest absolute Gasteiger partial charge is 0.410 e. The van der Waals surface area contributed by atoms with Gasteiger partial charge in [0.2, 0.25) is 5.91 Å². The minimum atomic E-state index is -0.480. The van der Waals surface area contributed by atoms with Crippen LogP contribution in [0.1, 0.15) is 27.2 Å². The van der Waals surface area contributed by atoms with Gasteiger partial charge in [-0.3, -0.25) is 4.79 Å². The molecule has 1 N–H and O–H groups in total. The third kappa shape index (κ3) is 2.70. The Morgan fingerprint density at radius 2 is 2.18 bits per heavy atom. The summed E-state index contributed by atoms with van der Waals surface area (Å²) in [5, 5.41) is 2.85. The molecule has 0 aliphatic carbocycles. The lowest BCUT2D eigenvalue weighted by Gasteiger charge is -2.34. The minimum Gasteiger partial charge on any atom is -0.444 e. The average Bonchev–Trinajstić information content (AvgIpc) is 2.57. The van der Waals surface area contributed by atoms with Crippen LogP contribution in [0.2, 0.25) is 0 Å². The molecule has 5 heteroatoms. The number of nitrogens with zero attached hydrogens (tertiary/aromatic N) is 1. The summed E-state index contributed by atoms with van der Waals surface area (Å²) in [7, 11) is 0. The number of hydrogen-bond donors (Lipinski definition) is 1. The molecule has 17 heavy (non-hydrogen) atoms. The summed E-state index contributed by atoms with van der Waals surface area (Å²) < 4.78 is 5.32. The predicted molar refractivity (Wildman–Crippen MR) is 62.4 cm³/mol. The monoisotopic (exact) mass is 240 g/mol. The fourth-order valence-corrected chi connectivity index (χ4v) is 2.40. The molecule has 0 radical (unpaired) electrons. The maximum atomic E-state index is 11.9. The van der Waals surface area contributed by atoms with Crippen LogP contribution in [0, 0.1) is 11.8 Å². The van der Waals surface area contributed by atoms with E-state index in [4.69, 9.17) is 4.74 Å². The molecule has 2 amide bonds. The summed E-state index contributed by atoms with van der Waals surface area (Å²) >= 11 is 0. The van der Waals surface area contributed by atoms with E-state index in [1.54, 1.807) is 4.90 Å². The number of carbonyl (C=O) groups excluding carboxylic acids is 2. The van der Waals surface area contributed by atoms with E-state index < -0.39 is 5.60 Å². The van der Waals surface area contributed by atoms with Crippen LogP contribution in [0.5, 0.6) is 0 Å². The van der Waals surface area contributed by atoms with Crippen LogP contribution < -0.4 is 5.32 Å². The average molecular weight is 240 g/mol. The van der Waals surface area contributed by atoms with Crippen LogP contribution in [0.15, 0.2) is 0 Å². The highest BCUT2D eigenvalue weighted by Crippen LogP contribution is 2.28. The lowest BCUT2D eigenvalue weighted by molar-refractivity contribution is -0.124. The molecule has 0 aromatic carbocycles. The van der Waals surface area contributed by atoms with Gasteiger partial charge in [0.05, 0.1) is 5.92 Å². The maximum absolute atomic E-state index is 11.9. The van der Waals surface area contributed by atoms with Crippen molar-refractivity contribution in [2.75, 3.05) is 19.6 Å². The Hall–Kier alpha value is -1.26. The quantitative estimate of drug-likeness (QED) is 0.687. The maximum Gasteiger partial charge on any atom is 0.410 e. The van der Waals surface area contributed by atoms with Gasteiger partial charge < -0.3 is 15.0 Å². The molecule has 0 saturated carbocycles. The van der Waals surface area contributed by atoms with Gasteiger partial charge in [0.15, 0.2) is 0 Å². The number of piperidine rings is 1. The summed E-state index contributed by atoms with van der Waals surface area (Å²) in [4.78, 5) is 25.1. The summed E-state index contributed by atoms with van der Waals surface area (Å²) in [6.07, 6.45) is 0.568. The zero-order valence-electron chi connectivity index (χ0n) is 10.7. The van der Waals surface area contributed by atoms with Crippen molar-refractivity contribution in [2.24, 2.45) is 11.8 Å². The van der Waals surface area contributed by atoms with Gasteiger partial charge in [-0.15, -0.1) is 0 Å². The third-order valence-electron chi connectivity index (χ3n) is 3.28. The highest BCUT2D eigenvalue weighted by atomic mass is 16.6. The van der Waals surface area contributed by atoms with E-state index >= 15 is 0 Å². The van der Waals surface area contributed by atoms with Gasteiger partial charge in [-0.2, -0.15) is 0 Å². The SMILES string of the molecule is CC(C)(C)OC(=O)N1CCC2CNC(=O)C2C1. The van der Waals surface area contributed by atoms with E-state index in [0.29, 0.717) is 19.0 Å². The number of carbonyl (C=O) groups is 2. The fraction of sp³-hybridized carbons (Fsp3) is 0.833. The van der Waals surface area contributed by atoms with Crippen LogP contribution in [0.25, 0.3) is 0 Å². The van der Waals surface area contributed by atoms with E-state index in [1.165, 1.54) is 0 Å². The van der Waals surface area contributed by atoms with Crippen molar-refractivity contribution >= 4 is 12.0 Å². The largest absolute Gasteiger partial charge is 0.444 e. The molecule has 0 bridgehead atoms. The second-order valence-corrected chi connectivity index (χ2v) is 5.83. The molecule has 2 heterocycles. The predicted octanol–water partition coefficient (Wildman–Crippen LogP) is 0.989. The van der Waals surface area contributed by atoms with Gasteiger partial charge in [0.25, 0.3) is 0 Å². The first-order valence-electron chi connectivity index (χ1n) is 6.12. The van der Waals surface area contributed by atoms with Gasteiger partial charge in [0, 0.05) is 19.6 Å². The van der Waals surface area contributed by atoms with Crippen LogP contribution in [0.4, 0.5) is 4.79 Å². The van der Waals surface area contributed by atoms with Crippen LogP contribution in [-0.4, -0.2) is 42.1 Å². The van der Waals surface area contributed by atoms with Gasteiger partial charge in [-0.1, -0.05) is 0 Å². The summed E-state index contributed by atoms with van der Waals surface area (Å²) in [5.41, 5.74) is -0.480. The first-order valence-corrected chi connectivity index (χ1v) is 6.12. The number of fused-ring (bicyclic) bond motifs is 1. The molecule has 2 aliphatic heterocycles. The molecule has 96 valence electrons. The Bertz CT molecular complexity index is 335. The van der Waals surface area contributed by atoms with E-state index in [1.807, 2.05) is 20.8 Å². The van der Waals surface area contributed by atoms with Gasteiger partial charge >= 0.3 is 6.09 Å². The number of likely N-dealkylation sites (tertiary alicyclic amines) is 1. The molecule has 0 spiro atoms. The minimum absolute atomic E-state index is 0.0451. The van der Waals surface area contributed by atoms with E-state index in [9.17, 15) is 9.59 Å². The van der Waals surface area contributed by atoms with Crippen molar-refractivity contribution in [1.29, 1.82) is 0 Å². The van der Waals surface area contributed by atoms with Crippen molar-refractivity contribution in [1.82, 2.24) is 10.2 Å². The lowest BCUT2D eigenvalue weighted by atomic mass is 9.88. The van der Waals surface area contributed by atoms with Crippen molar-refractivity contribution in [2.45, 2.75) is 32.8 Å². The molecule has 0 aromatic rings. The van der Waals surface area contributed by atoms with E-state index in [-0.39, 0.29) is 17.9 Å². The van der Waals surface area contributed by atoms with Crippen molar-refractivity contribution < 1.29 is 14.3 Å². The second kappa shape index (κ2) is 4.20. The molecular formula is C12H20N2O3. The van der Waals surface area contributed by atoms with E-state index in [0.717, 1.165) is 13.0 Å². The Kier molecular flexibility index (Phi) is 3.02. The van der Waals surface area contributed by atoms with Gasteiger partial charge in [-0.25, -0.2) is 4.79 Å². The molecular weight excluding hydrogens is 220 g/mol. The molecule has 2 fully saturated rings. The van der Waals surface area contributed by atoms with E-state index in [2.05, 4.69) is 5.32 Å². The van der Waals surface area contributed by atoms with Crippen molar-refractivity contribution in [3.63, 3.8) is 0 Å². The Morgan fingerprint density at radius 1 is 1.47 bits per heavy atom. The fourth-order valence-electron chi connectivity index (χ4n) is 2.40. The molecule has 2 rings (SSSR count). The first kappa shape index (κ1) is 12.2. The van der Waals surface area contributed by atoms with Crippen molar-refractivity contribution in [3.05, 3.63) is 0 Å². The molecule has 2 atom stereocenters. The van der Waals surface area contributed by atoms with Gasteiger partial charge in [-0.05, 0) is 33.1 Å². The number of hydrogen-bond acceptors (Lipinski definition) is 3. The molecule has 2 aliphatic rings. The van der Waals surface area contributed by atoms with Crippen molar-refractivity contribution in [3.8, 4) is 0 Å². The second-order valence-electron chi connectivity index (χ2n) is 5.83. The lowest BCUT2D eigenvalue weighted by Crippen LogP contribution is -2.46. The number of nitrogens with one attached hydrogen (secondary N) is 1. The highest BCUT2D eigenvalue weighted by Gasteiger charge is 2.41. The molecule has 2 saturated heterocycles. The first-order chi connectivity index (χ1) is 7.87. The number of amides is 2. The zero-order valence-corrected chi connectivity index (χ0v) is 10.7. The number of rotatable bonds is 0. The zero-order chi connectivity index (χ0) is 12.6. The van der Waals surface area contributed by atoms with Crippen LogP contribution in [0.3, 0.4) is 0 Å². The molecule has 5 nitrogen and oxygen atoms in total. The normalized spacial score (nSPS) is 28.6. The van der Waals surface area contributed by atoms with Crippen LogP contribution in [-0.2, 0) is 9.53 Å². The van der Waals surface area contributed by atoms with Gasteiger partial charge in [0.1, 0.15) is 5.60 Å². The standard InChI is InChI=1S/C12H20N2O3/c1-12(2,3)17-11(16)14-5-4-8-6-13-10(15)9(8)7-14/h8-9H,4-7H2,1-3H3,(H,13,15). The molecule has 2 unspecified atom stereocenters. The Labute approximate surface area is 101 Å². The summed E-state index contributed by atoms with van der Waals surface area (Å²) in [6, 6.07) is 0. The van der Waals surface area contributed by atoms with Crippen LogP contribution >= 0.6 is 0 Å². The topological polar surface area (TPSA) is 58.6 Å². The molecule has 0 aromatic heterocycles. The summed E-state index contributed by atoms with van der Waals surface area (Å²) in [5.74, 6) is 0.417. The Balaban J connectivity index is 1.95. The summed E-state index contributed by atoms with van der Waals surface area (Å²) in [6.45, 7) is 7.47. The number of ether oxygens (including phenoxy) is 1.